The summed E-state index contributed by atoms with van der Waals surface area (Å²) in [5.74, 6) is -0.598. The molecule has 2 amide bonds. The van der Waals surface area contributed by atoms with E-state index < -0.39 is 6.10 Å². The largest absolute Gasteiger partial charge is 0.392 e. The molecule has 0 saturated heterocycles. The zero-order valence-corrected chi connectivity index (χ0v) is 14.3. The van der Waals surface area contributed by atoms with Crippen molar-refractivity contribution in [3.05, 3.63) is 51.4 Å². The Bertz CT molecular complexity index is 728. The molecule has 7 heteroatoms. The van der Waals surface area contributed by atoms with Gasteiger partial charge >= 0.3 is 0 Å². The van der Waals surface area contributed by atoms with Gasteiger partial charge in [0.05, 0.1) is 26.6 Å². The molecule has 0 radical (unpaired) electrons. The number of carbonyl (C=O) groups is 2. The summed E-state index contributed by atoms with van der Waals surface area (Å²) in [6.45, 7) is 3.56. The smallest absolute Gasteiger partial charge is 0.261 e. The highest BCUT2D eigenvalue weighted by Crippen LogP contribution is 2.27. The van der Waals surface area contributed by atoms with Crippen LogP contribution in [0.15, 0.2) is 30.3 Å². The first-order valence-corrected chi connectivity index (χ1v) is 8.20. The minimum atomic E-state index is -0.612. The number of thiophene rings is 1. The van der Waals surface area contributed by atoms with Gasteiger partial charge in [-0.1, -0.05) is 23.7 Å². The second kappa shape index (κ2) is 7.59. The van der Waals surface area contributed by atoms with E-state index in [-0.39, 0.29) is 18.4 Å². The average molecular weight is 353 g/mol. The first-order chi connectivity index (χ1) is 10.9. The highest BCUT2D eigenvalue weighted by molar-refractivity contribution is 7.18. The average Bonchev–Trinajstić information content (AvgIpc) is 2.85. The molecule has 23 heavy (non-hydrogen) atoms. The van der Waals surface area contributed by atoms with E-state index in [2.05, 4.69) is 10.6 Å². The van der Waals surface area contributed by atoms with Crippen LogP contribution in [0.25, 0.3) is 0 Å². The lowest BCUT2D eigenvalue weighted by atomic mass is 10.2. The van der Waals surface area contributed by atoms with Crippen LogP contribution in [-0.4, -0.2) is 29.6 Å². The molecule has 0 spiro atoms. The first-order valence-electron chi connectivity index (χ1n) is 7.01. The van der Waals surface area contributed by atoms with E-state index in [1.807, 2.05) is 0 Å². The van der Waals surface area contributed by atoms with E-state index in [0.717, 1.165) is 5.56 Å². The van der Waals surface area contributed by atoms with Crippen LogP contribution < -0.4 is 10.6 Å². The number of aliphatic hydroxyl groups excluding tert-OH is 1. The van der Waals surface area contributed by atoms with Gasteiger partial charge in [0.1, 0.15) is 0 Å². The Morgan fingerprint density at radius 1 is 1.30 bits per heavy atom. The second-order valence-corrected chi connectivity index (χ2v) is 6.58. The van der Waals surface area contributed by atoms with Crippen LogP contribution in [0.1, 0.15) is 32.5 Å². The summed E-state index contributed by atoms with van der Waals surface area (Å²) in [6.07, 6.45) is -0.612. The number of aryl methyl sites for hydroxylation is 1. The monoisotopic (exact) mass is 352 g/mol. The summed E-state index contributed by atoms with van der Waals surface area (Å²) >= 11 is 7.18. The molecular formula is C16H17ClN2O3S. The summed E-state index contributed by atoms with van der Waals surface area (Å²) in [5, 5.41) is 15.5. The van der Waals surface area contributed by atoms with E-state index in [1.165, 1.54) is 11.3 Å². The van der Waals surface area contributed by atoms with E-state index in [0.29, 0.717) is 20.5 Å². The van der Waals surface area contributed by atoms with Gasteiger partial charge in [-0.3, -0.25) is 9.59 Å². The van der Waals surface area contributed by atoms with Crippen molar-refractivity contribution in [3.63, 3.8) is 0 Å². The maximum atomic E-state index is 12.2. The summed E-state index contributed by atoms with van der Waals surface area (Å²) in [7, 11) is 0. The van der Waals surface area contributed by atoms with Gasteiger partial charge in [0.25, 0.3) is 11.8 Å². The van der Waals surface area contributed by atoms with Crippen LogP contribution in [0, 0.1) is 6.92 Å². The van der Waals surface area contributed by atoms with Gasteiger partial charge in [-0.05, 0) is 37.6 Å². The molecular weight excluding hydrogens is 336 g/mol. The van der Waals surface area contributed by atoms with Crippen LogP contribution in [0.3, 0.4) is 0 Å². The van der Waals surface area contributed by atoms with Crippen LogP contribution in [0.4, 0.5) is 5.00 Å². The Morgan fingerprint density at radius 2 is 2.00 bits per heavy atom. The molecule has 1 heterocycles. The number of benzene rings is 1. The van der Waals surface area contributed by atoms with E-state index in [1.54, 1.807) is 44.2 Å². The third-order valence-corrected chi connectivity index (χ3v) is 4.52. The van der Waals surface area contributed by atoms with Gasteiger partial charge in [-0.2, -0.15) is 0 Å². The van der Waals surface area contributed by atoms with Gasteiger partial charge in [0.2, 0.25) is 0 Å². The van der Waals surface area contributed by atoms with Crippen molar-refractivity contribution in [1.29, 1.82) is 0 Å². The fraction of sp³-hybridized carbons (Fsp3) is 0.250. The molecule has 2 rings (SSSR count). The van der Waals surface area contributed by atoms with E-state index >= 15 is 0 Å². The van der Waals surface area contributed by atoms with Crippen molar-refractivity contribution in [3.8, 4) is 0 Å². The van der Waals surface area contributed by atoms with Gasteiger partial charge in [0.15, 0.2) is 0 Å². The third kappa shape index (κ3) is 4.54. The lowest BCUT2D eigenvalue weighted by Gasteiger charge is -2.06. The van der Waals surface area contributed by atoms with Gasteiger partial charge in [-0.25, -0.2) is 0 Å². The fourth-order valence-electron chi connectivity index (χ4n) is 1.91. The molecule has 1 unspecified atom stereocenters. The van der Waals surface area contributed by atoms with Gasteiger partial charge in [0, 0.05) is 6.54 Å². The summed E-state index contributed by atoms with van der Waals surface area (Å²) in [6, 6.07) is 8.49. The normalized spacial score (nSPS) is 11.8. The summed E-state index contributed by atoms with van der Waals surface area (Å²) in [5.41, 5.74) is 1.13. The lowest BCUT2D eigenvalue weighted by molar-refractivity contribution is 0.0927. The fourth-order valence-corrected chi connectivity index (χ4v) is 3.12. The van der Waals surface area contributed by atoms with Crippen LogP contribution in [0.2, 0.25) is 5.02 Å². The zero-order chi connectivity index (χ0) is 17.0. The molecule has 3 N–H and O–H groups in total. The highest BCUT2D eigenvalue weighted by Gasteiger charge is 2.16. The Morgan fingerprint density at radius 3 is 2.65 bits per heavy atom. The Hall–Kier alpha value is -1.89. The molecule has 1 aromatic carbocycles. The Balaban J connectivity index is 2.10. The van der Waals surface area contributed by atoms with E-state index in [4.69, 9.17) is 11.6 Å². The molecule has 2 aromatic rings. The van der Waals surface area contributed by atoms with Gasteiger partial charge in [-0.15, -0.1) is 11.3 Å². The number of amides is 2. The van der Waals surface area contributed by atoms with Crippen molar-refractivity contribution in [2.45, 2.75) is 20.0 Å². The standard InChI is InChI=1S/C16H17ClN2O3S/c1-9-7-13(23-14(9)16(22)18-8-10(2)20)19-15(21)11-5-3-4-6-12(11)17/h3-7,10,20H,8H2,1-2H3,(H,18,22)(H,19,21). The number of rotatable bonds is 5. The Labute approximate surface area is 143 Å². The van der Waals surface area contributed by atoms with Crippen molar-refractivity contribution < 1.29 is 14.7 Å². The number of halogens is 1. The molecule has 122 valence electrons. The summed E-state index contributed by atoms with van der Waals surface area (Å²) < 4.78 is 0. The molecule has 0 bridgehead atoms. The third-order valence-electron chi connectivity index (χ3n) is 3.04. The number of hydrogen-bond acceptors (Lipinski definition) is 4. The zero-order valence-electron chi connectivity index (χ0n) is 12.7. The number of carbonyl (C=O) groups excluding carboxylic acids is 2. The second-order valence-electron chi connectivity index (χ2n) is 5.12. The van der Waals surface area contributed by atoms with Crippen molar-refractivity contribution in [2.75, 3.05) is 11.9 Å². The maximum absolute atomic E-state index is 12.2. The van der Waals surface area contributed by atoms with Crippen LogP contribution in [-0.2, 0) is 0 Å². The number of nitrogens with one attached hydrogen (secondary N) is 2. The predicted molar refractivity (Wildman–Crippen MR) is 92.5 cm³/mol. The SMILES string of the molecule is Cc1cc(NC(=O)c2ccccc2Cl)sc1C(=O)NCC(C)O. The minimum absolute atomic E-state index is 0.178. The highest BCUT2D eigenvalue weighted by atomic mass is 35.5. The molecule has 0 aliphatic heterocycles. The quantitative estimate of drug-likeness (QED) is 0.773. The van der Waals surface area contributed by atoms with Crippen molar-refractivity contribution >= 4 is 39.8 Å². The number of hydrogen-bond donors (Lipinski definition) is 3. The molecule has 0 fully saturated rings. The Kier molecular flexibility index (Phi) is 5.76. The number of aliphatic hydroxyl groups is 1. The minimum Gasteiger partial charge on any atom is -0.392 e. The molecule has 0 aliphatic rings. The van der Waals surface area contributed by atoms with Crippen molar-refractivity contribution in [2.24, 2.45) is 0 Å². The lowest BCUT2D eigenvalue weighted by Crippen LogP contribution is -2.30. The summed E-state index contributed by atoms with van der Waals surface area (Å²) in [4.78, 5) is 24.8. The predicted octanol–water partition coefficient (Wildman–Crippen LogP) is 3.07. The topological polar surface area (TPSA) is 78.4 Å². The number of anilines is 1. The first kappa shape index (κ1) is 17.5. The molecule has 1 atom stereocenters. The molecule has 0 saturated carbocycles. The maximum Gasteiger partial charge on any atom is 0.261 e. The molecule has 0 aliphatic carbocycles. The van der Waals surface area contributed by atoms with Crippen molar-refractivity contribution in [1.82, 2.24) is 5.32 Å². The van der Waals surface area contributed by atoms with Crippen LogP contribution in [0.5, 0.6) is 0 Å². The van der Waals surface area contributed by atoms with Gasteiger partial charge < -0.3 is 15.7 Å². The molecule has 1 aromatic heterocycles. The molecule has 5 nitrogen and oxygen atoms in total. The van der Waals surface area contributed by atoms with Crippen LogP contribution >= 0.6 is 22.9 Å². The van der Waals surface area contributed by atoms with E-state index in [9.17, 15) is 14.7 Å².